The van der Waals surface area contributed by atoms with Gasteiger partial charge in [-0.1, -0.05) is 13.8 Å². The van der Waals surface area contributed by atoms with Gasteiger partial charge in [0.15, 0.2) is 6.29 Å². The maximum Gasteiger partial charge on any atom is 0.168 e. The van der Waals surface area contributed by atoms with E-state index in [1.165, 1.54) is 16.7 Å². The molecule has 78 valence electrons. The quantitative estimate of drug-likeness (QED) is 0.707. The van der Waals surface area contributed by atoms with Gasteiger partial charge >= 0.3 is 0 Å². The lowest BCUT2D eigenvalue weighted by Gasteiger charge is -2.00. The van der Waals surface area contributed by atoms with Gasteiger partial charge in [0.2, 0.25) is 0 Å². The molecule has 0 radical (unpaired) electrons. The molecular formula is C11H11FN2O. The van der Waals surface area contributed by atoms with Gasteiger partial charge in [-0.25, -0.2) is 9.37 Å². The predicted octanol–water partition coefficient (Wildman–Crippen LogP) is 2.41. The summed E-state index contributed by atoms with van der Waals surface area (Å²) in [5.41, 5.74) is 1.73. The molecule has 0 saturated heterocycles. The lowest BCUT2D eigenvalue weighted by Crippen LogP contribution is -1.97. The first-order chi connectivity index (χ1) is 7.13. The second-order valence-corrected chi connectivity index (χ2v) is 3.73. The Hall–Kier alpha value is -1.71. The van der Waals surface area contributed by atoms with Crippen LogP contribution in [0.5, 0.6) is 0 Å². The standard InChI is InChI=1S/C11H11FN2O/c1-7(2)11-9(6-15)14-5-8(12)3-4-10(14)13-11/h3-7H,1-2H3. The number of hydrogen-bond donors (Lipinski definition) is 0. The van der Waals surface area contributed by atoms with E-state index >= 15 is 0 Å². The average molecular weight is 206 g/mol. The molecule has 0 bridgehead atoms. The van der Waals surface area contributed by atoms with Crippen LogP contribution in [-0.2, 0) is 0 Å². The molecule has 2 aromatic heterocycles. The molecule has 2 aromatic rings. The van der Waals surface area contributed by atoms with E-state index in [1.807, 2.05) is 13.8 Å². The summed E-state index contributed by atoms with van der Waals surface area (Å²) in [5, 5.41) is 0. The van der Waals surface area contributed by atoms with Crippen LogP contribution in [0.1, 0.15) is 35.9 Å². The van der Waals surface area contributed by atoms with Gasteiger partial charge in [-0.15, -0.1) is 0 Å². The van der Waals surface area contributed by atoms with Crippen molar-refractivity contribution in [2.24, 2.45) is 0 Å². The second kappa shape index (κ2) is 3.46. The zero-order valence-electron chi connectivity index (χ0n) is 8.57. The van der Waals surface area contributed by atoms with Crippen LogP contribution in [0.2, 0.25) is 0 Å². The molecule has 0 saturated carbocycles. The first kappa shape index (κ1) is 9.83. The average Bonchev–Trinajstić information content (AvgIpc) is 2.55. The van der Waals surface area contributed by atoms with Crippen molar-refractivity contribution in [1.82, 2.24) is 9.38 Å². The summed E-state index contributed by atoms with van der Waals surface area (Å²) in [6.07, 6.45) is 1.99. The van der Waals surface area contributed by atoms with Crippen molar-refractivity contribution < 1.29 is 9.18 Å². The highest BCUT2D eigenvalue weighted by atomic mass is 19.1. The van der Waals surface area contributed by atoms with E-state index in [9.17, 15) is 9.18 Å². The van der Waals surface area contributed by atoms with Crippen LogP contribution < -0.4 is 0 Å². The monoisotopic (exact) mass is 206 g/mol. The molecule has 0 amide bonds. The minimum absolute atomic E-state index is 0.146. The molecule has 0 spiro atoms. The lowest BCUT2D eigenvalue weighted by molar-refractivity contribution is 0.111. The van der Waals surface area contributed by atoms with Gasteiger partial charge in [0.25, 0.3) is 0 Å². The van der Waals surface area contributed by atoms with Crippen LogP contribution in [0.25, 0.3) is 5.65 Å². The van der Waals surface area contributed by atoms with E-state index in [0.29, 0.717) is 17.0 Å². The fraction of sp³-hybridized carbons (Fsp3) is 0.273. The van der Waals surface area contributed by atoms with E-state index in [0.717, 1.165) is 6.29 Å². The zero-order chi connectivity index (χ0) is 11.0. The number of aromatic nitrogens is 2. The highest BCUT2D eigenvalue weighted by Gasteiger charge is 2.14. The normalized spacial score (nSPS) is 11.2. The Kier molecular flexibility index (Phi) is 2.26. The molecule has 0 aromatic carbocycles. The highest BCUT2D eigenvalue weighted by Crippen LogP contribution is 2.19. The summed E-state index contributed by atoms with van der Waals surface area (Å²) in [5.74, 6) is -0.230. The molecule has 0 aliphatic carbocycles. The molecule has 2 heterocycles. The van der Waals surface area contributed by atoms with E-state index in [1.54, 1.807) is 6.07 Å². The Balaban J connectivity index is 2.79. The molecule has 0 N–H and O–H groups in total. The van der Waals surface area contributed by atoms with Gasteiger partial charge in [0.1, 0.15) is 17.2 Å². The van der Waals surface area contributed by atoms with E-state index in [4.69, 9.17) is 0 Å². The number of rotatable bonds is 2. The topological polar surface area (TPSA) is 34.4 Å². The molecule has 0 unspecified atom stereocenters. The Morgan fingerprint density at radius 1 is 1.47 bits per heavy atom. The first-order valence-corrected chi connectivity index (χ1v) is 4.76. The molecule has 0 fully saturated rings. The summed E-state index contributed by atoms with van der Waals surface area (Å²) in [4.78, 5) is 15.2. The van der Waals surface area contributed by atoms with E-state index < -0.39 is 0 Å². The van der Waals surface area contributed by atoms with Gasteiger partial charge in [0.05, 0.1) is 5.69 Å². The van der Waals surface area contributed by atoms with Crippen molar-refractivity contribution in [3.05, 3.63) is 35.5 Å². The molecule has 15 heavy (non-hydrogen) atoms. The van der Waals surface area contributed by atoms with Gasteiger partial charge in [-0.2, -0.15) is 0 Å². The second-order valence-electron chi connectivity index (χ2n) is 3.73. The van der Waals surface area contributed by atoms with Crippen LogP contribution in [0, 0.1) is 5.82 Å². The fourth-order valence-corrected chi connectivity index (χ4v) is 1.60. The molecular weight excluding hydrogens is 195 g/mol. The van der Waals surface area contributed by atoms with Crippen molar-refractivity contribution >= 4 is 11.9 Å². The summed E-state index contributed by atoms with van der Waals surface area (Å²) >= 11 is 0. The smallest absolute Gasteiger partial charge is 0.168 e. The number of carbonyl (C=O) groups excluding carboxylic acids is 1. The minimum atomic E-state index is -0.377. The number of halogens is 1. The third-order valence-corrected chi connectivity index (χ3v) is 2.31. The molecule has 4 heteroatoms. The van der Waals surface area contributed by atoms with Gasteiger partial charge in [0, 0.05) is 6.20 Å². The van der Waals surface area contributed by atoms with Gasteiger partial charge in [-0.05, 0) is 18.1 Å². The van der Waals surface area contributed by atoms with Gasteiger partial charge in [-0.3, -0.25) is 9.20 Å². The maximum absolute atomic E-state index is 13.0. The molecule has 0 aliphatic rings. The molecule has 2 rings (SSSR count). The van der Waals surface area contributed by atoms with E-state index in [2.05, 4.69) is 4.98 Å². The third-order valence-electron chi connectivity index (χ3n) is 2.31. The van der Waals surface area contributed by atoms with Crippen LogP contribution in [-0.4, -0.2) is 15.7 Å². The summed E-state index contributed by atoms with van der Waals surface area (Å²) in [7, 11) is 0. The first-order valence-electron chi connectivity index (χ1n) is 4.76. The predicted molar refractivity (Wildman–Crippen MR) is 54.6 cm³/mol. The number of aldehydes is 1. The van der Waals surface area contributed by atoms with Crippen molar-refractivity contribution in [1.29, 1.82) is 0 Å². The largest absolute Gasteiger partial charge is 0.296 e. The Labute approximate surface area is 86.6 Å². The molecule has 0 atom stereocenters. The van der Waals surface area contributed by atoms with Crippen LogP contribution >= 0.6 is 0 Å². The third kappa shape index (κ3) is 1.52. The number of pyridine rings is 1. The minimum Gasteiger partial charge on any atom is -0.296 e. The fourth-order valence-electron chi connectivity index (χ4n) is 1.60. The Morgan fingerprint density at radius 3 is 2.80 bits per heavy atom. The molecule has 3 nitrogen and oxygen atoms in total. The number of nitrogens with zero attached hydrogens (tertiary/aromatic N) is 2. The number of fused-ring (bicyclic) bond motifs is 1. The van der Waals surface area contributed by atoms with Crippen molar-refractivity contribution in [3.8, 4) is 0 Å². The zero-order valence-corrected chi connectivity index (χ0v) is 8.57. The van der Waals surface area contributed by atoms with Crippen LogP contribution in [0.15, 0.2) is 18.3 Å². The van der Waals surface area contributed by atoms with Crippen LogP contribution in [0.3, 0.4) is 0 Å². The number of hydrogen-bond acceptors (Lipinski definition) is 2. The van der Waals surface area contributed by atoms with Crippen molar-refractivity contribution in [3.63, 3.8) is 0 Å². The SMILES string of the molecule is CC(C)c1nc2ccc(F)cn2c1C=O. The highest BCUT2D eigenvalue weighted by molar-refractivity contribution is 5.76. The Morgan fingerprint density at radius 2 is 2.20 bits per heavy atom. The number of imidazole rings is 1. The van der Waals surface area contributed by atoms with Crippen molar-refractivity contribution in [2.45, 2.75) is 19.8 Å². The number of carbonyl (C=O) groups is 1. The summed E-state index contributed by atoms with van der Waals surface area (Å²) < 4.78 is 14.5. The molecule has 0 aliphatic heterocycles. The van der Waals surface area contributed by atoms with Crippen LogP contribution in [0.4, 0.5) is 4.39 Å². The van der Waals surface area contributed by atoms with Gasteiger partial charge < -0.3 is 0 Å². The lowest BCUT2D eigenvalue weighted by atomic mass is 10.1. The summed E-state index contributed by atoms with van der Waals surface area (Å²) in [6.45, 7) is 3.90. The Bertz CT molecular complexity index is 517. The van der Waals surface area contributed by atoms with E-state index in [-0.39, 0.29) is 11.7 Å². The van der Waals surface area contributed by atoms with Crippen molar-refractivity contribution in [2.75, 3.05) is 0 Å². The maximum atomic E-state index is 13.0. The summed E-state index contributed by atoms with van der Waals surface area (Å²) in [6, 6.07) is 2.90.